The maximum absolute atomic E-state index is 5.24. The number of nitrogens with two attached hydrogens (primary N) is 1. The average Bonchev–Trinajstić information content (AvgIpc) is 2.78. The molecular formula is C8H11N7S2. The first-order chi connectivity index (χ1) is 8.19. The van der Waals surface area contributed by atoms with Gasteiger partial charge in [0.2, 0.25) is 11.1 Å². The fraction of sp³-hybridized carbons (Fsp3) is 0.250. The van der Waals surface area contributed by atoms with Crippen molar-refractivity contribution in [1.29, 1.82) is 0 Å². The number of aromatic nitrogens is 4. The number of hydrazine groups is 1. The van der Waals surface area contributed by atoms with Crippen molar-refractivity contribution < 1.29 is 0 Å². The highest BCUT2D eigenvalue weighted by Crippen LogP contribution is 2.31. The average molecular weight is 269 g/mol. The lowest BCUT2D eigenvalue weighted by molar-refractivity contribution is 0.967. The molecule has 7 nitrogen and oxygen atoms in total. The van der Waals surface area contributed by atoms with E-state index in [0.29, 0.717) is 5.95 Å². The third-order valence-corrected chi connectivity index (χ3v) is 3.81. The van der Waals surface area contributed by atoms with Gasteiger partial charge >= 0.3 is 0 Å². The van der Waals surface area contributed by atoms with Gasteiger partial charge in [-0.05, 0) is 17.8 Å². The van der Waals surface area contributed by atoms with Crippen LogP contribution < -0.4 is 16.2 Å². The van der Waals surface area contributed by atoms with Crippen LogP contribution in [0.4, 0.5) is 11.1 Å². The fourth-order valence-electron chi connectivity index (χ4n) is 0.982. The molecule has 0 aliphatic heterocycles. The van der Waals surface area contributed by atoms with Gasteiger partial charge in [0.25, 0.3) is 0 Å². The van der Waals surface area contributed by atoms with Gasteiger partial charge in [-0.1, -0.05) is 11.3 Å². The number of anilines is 2. The largest absolute Gasteiger partial charge is 0.353 e. The van der Waals surface area contributed by atoms with E-state index in [9.17, 15) is 0 Å². The Morgan fingerprint density at radius 2 is 2.24 bits per heavy atom. The van der Waals surface area contributed by atoms with E-state index in [1.54, 1.807) is 12.3 Å². The highest BCUT2D eigenvalue weighted by atomic mass is 32.2. The summed E-state index contributed by atoms with van der Waals surface area (Å²) in [5.41, 5.74) is 2.40. The molecule has 0 saturated carbocycles. The molecule has 9 heteroatoms. The maximum Gasteiger partial charge on any atom is 0.238 e. The first kappa shape index (κ1) is 12.0. The van der Waals surface area contributed by atoms with Crippen LogP contribution in [0.1, 0.15) is 0 Å². The van der Waals surface area contributed by atoms with E-state index in [0.717, 1.165) is 14.5 Å². The summed E-state index contributed by atoms with van der Waals surface area (Å²) in [5, 5.41) is 9.74. The number of nitrogen functional groups attached to an aromatic ring is 1. The predicted molar refractivity (Wildman–Crippen MR) is 68.2 cm³/mol. The van der Waals surface area contributed by atoms with Crippen LogP contribution in [0.5, 0.6) is 0 Å². The van der Waals surface area contributed by atoms with Crippen LogP contribution in [0, 0.1) is 0 Å². The van der Waals surface area contributed by atoms with E-state index in [1.807, 2.05) is 19.0 Å². The SMILES string of the molecule is CN(C)c1nnc(Sc2ccnc(NN)n2)s1. The first-order valence-corrected chi connectivity index (χ1v) is 6.30. The molecule has 0 bridgehead atoms. The molecule has 2 aromatic rings. The predicted octanol–water partition coefficient (Wildman–Crippen LogP) is 0.831. The molecule has 2 aromatic heterocycles. The molecule has 0 fully saturated rings. The number of nitrogens with one attached hydrogen (secondary N) is 1. The summed E-state index contributed by atoms with van der Waals surface area (Å²) >= 11 is 2.93. The Morgan fingerprint density at radius 1 is 1.41 bits per heavy atom. The van der Waals surface area contributed by atoms with E-state index in [2.05, 4.69) is 25.6 Å². The topological polar surface area (TPSA) is 92.9 Å². The first-order valence-electron chi connectivity index (χ1n) is 4.67. The zero-order valence-corrected chi connectivity index (χ0v) is 10.9. The molecule has 0 amide bonds. The summed E-state index contributed by atoms with van der Waals surface area (Å²) in [6.45, 7) is 0. The zero-order valence-electron chi connectivity index (χ0n) is 9.28. The minimum atomic E-state index is 0.382. The molecule has 0 radical (unpaired) electrons. The smallest absolute Gasteiger partial charge is 0.238 e. The van der Waals surface area contributed by atoms with Crippen LogP contribution in [0.3, 0.4) is 0 Å². The minimum absolute atomic E-state index is 0.382. The van der Waals surface area contributed by atoms with E-state index in [1.165, 1.54) is 23.1 Å². The molecule has 0 saturated heterocycles. The Balaban J connectivity index is 2.13. The summed E-state index contributed by atoms with van der Waals surface area (Å²) in [4.78, 5) is 10.0. The van der Waals surface area contributed by atoms with Gasteiger partial charge in [-0.15, -0.1) is 10.2 Å². The second-order valence-corrected chi connectivity index (χ2v) is 5.43. The Kier molecular flexibility index (Phi) is 3.71. The normalized spacial score (nSPS) is 10.3. The van der Waals surface area contributed by atoms with E-state index in [-0.39, 0.29) is 0 Å². The fourth-order valence-corrected chi connectivity index (χ4v) is 2.65. The van der Waals surface area contributed by atoms with Gasteiger partial charge in [0.1, 0.15) is 5.03 Å². The van der Waals surface area contributed by atoms with Crippen LogP contribution in [0.25, 0.3) is 0 Å². The third-order valence-electron chi connectivity index (χ3n) is 1.73. The van der Waals surface area contributed by atoms with Gasteiger partial charge in [0, 0.05) is 20.3 Å². The van der Waals surface area contributed by atoms with Gasteiger partial charge < -0.3 is 4.90 Å². The Labute approximate surface area is 106 Å². The molecule has 90 valence electrons. The van der Waals surface area contributed by atoms with Crippen LogP contribution in [-0.4, -0.2) is 34.3 Å². The molecule has 17 heavy (non-hydrogen) atoms. The Bertz CT molecular complexity index is 498. The highest BCUT2D eigenvalue weighted by molar-refractivity contribution is 8.01. The van der Waals surface area contributed by atoms with Gasteiger partial charge in [-0.25, -0.2) is 15.8 Å². The lowest BCUT2D eigenvalue weighted by Crippen LogP contribution is -2.10. The summed E-state index contributed by atoms with van der Waals surface area (Å²) in [7, 11) is 3.85. The molecule has 2 heterocycles. The quantitative estimate of drug-likeness (QED) is 0.479. The van der Waals surface area contributed by atoms with Crippen LogP contribution in [0.15, 0.2) is 21.6 Å². The molecule has 0 aliphatic rings. The summed E-state index contributed by atoms with van der Waals surface area (Å²) in [6.07, 6.45) is 1.64. The van der Waals surface area contributed by atoms with Crippen molar-refractivity contribution in [2.75, 3.05) is 24.4 Å². The molecule has 0 aliphatic carbocycles. The Morgan fingerprint density at radius 3 is 2.88 bits per heavy atom. The lowest BCUT2D eigenvalue weighted by atomic mass is 10.7. The Hall–Kier alpha value is -1.45. The monoisotopic (exact) mass is 269 g/mol. The van der Waals surface area contributed by atoms with Crippen LogP contribution >= 0.6 is 23.1 Å². The van der Waals surface area contributed by atoms with Gasteiger partial charge in [0.15, 0.2) is 4.34 Å². The number of rotatable bonds is 4. The van der Waals surface area contributed by atoms with Crippen molar-refractivity contribution in [3.8, 4) is 0 Å². The minimum Gasteiger partial charge on any atom is -0.353 e. The van der Waals surface area contributed by atoms with Crippen molar-refractivity contribution >= 4 is 34.2 Å². The summed E-state index contributed by atoms with van der Waals surface area (Å²) in [6, 6.07) is 1.79. The summed E-state index contributed by atoms with van der Waals surface area (Å²) in [5.74, 6) is 5.62. The van der Waals surface area contributed by atoms with E-state index < -0.39 is 0 Å². The second-order valence-electron chi connectivity index (χ2n) is 3.21. The molecule has 0 atom stereocenters. The second kappa shape index (κ2) is 5.25. The van der Waals surface area contributed by atoms with Gasteiger partial charge in [0.05, 0.1) is 0 Å². The molecular weight excluding hydrogens is 258 g/mol. The van der Waals surface area contributed by atoms with Crippen molar-refractivity contribution in [2.45, 2.75) is 9.37 Å². The lowest BCUT2D eigenvalue weighted by Gasteiger charge is -2.03. The molecule has 0 unspecified atom stereocenters. The standard InChI is InChI=1S/C8H11N7S2/c1-15(2)7-13-14-8(17-7)16-5-3-4-10-6(11-5)12-9/h3-4H,9H2,1-2H3,(H,10,11,12). The van der Waals surface area contributed by atoms with Crippen molar-refractivity contribution in [1.82, 2.24) is 20.2 Å². The molecule has 2 rings (SSSR count). The van der Waals surface area contributed by atoms with Gasteiger partial charge in [-0.2, -0.15) is 0 Å². The maximum atomic E-state index is 5.24. The molecule has 3 N–H and O–H groups in total. The number of hydrogen-bond donors (Lipinski definition) is 2. The van der Waals surface area contributed by atoms with Crippen LogP contribution in [0.2, 0.25) is 0 Å². The van der Waals surface area contributed by atoms with E-state index in [4.69, 9.17) is 5.84 Å². The number of hydrogen-bond acceptors (Lipinski definition) is 9. The highest BCUT2D eigenvalue weighted by Gasteiger charge is 2.08. The van der Waals surface area contributed by atoms with Gasteiger partial charge in [-0.3, -0.25) is 5.43 Å². The zero-order chi connectivity index (χ0) is 12.3. The molecule has 0 spiro atoms. The number of nitrogens with zero attached hydrogens (tertiary/aromatic N) is 5. The third kappa shape index (κ3) is 3.02. The van der Waals surface area contributed by atoms with Crippen molar-refractivity contribution in [3.05, 3.63) is 12.3 Å². The van der Waals surface area contributed by atoms with E-state index >= 15 is 0 Å². The molecule has 0 aromatic carbocycles. The van der Waals surface area contributed by atoms with Crippen LogP contribution in [-0.2, 0) is 0 Å². The summed E-state index contributed by atoms with van der Waals surface area (Å²) < 4.78 is 0.829. The van der Waals surface area contributed by atoms with Crippen molar-refractivity contribution in [3.63, 3.8) is 0 Å². The van der Waals surface area contributed by atoms with Crippen molar-refractivity contribution in [2.24, 2.45) is 5.84 Å².